The highest BCUT2D eigenvalue weighted by Crippen LogP contribution is 2.09. The van der Waals surface area contributed by atoms with Gasteiger partial charge in [0.05, 0.1) is 7.11 Å². The molecule has 0 aliphatic heterocycles. The SMILES string of the molecule is COC(=O)c1ccc(C(=O)NCC(C)Cn2cccn2)o1. The molecule has 7 nitrogen and oxygen atoms in total. The van der Waals surface area contributed by atoms with Gasteiger partial charge in [-0.3, -0.25) is 9.48 Å². The molecule has 2 heterocycles. The summed E-state index contributed by atoms with van der Waals surface area (Å²) in [5.74, 6) is -0.670. The number of nitrogens with one attached hydrogen (secondary N) is 1. The predicted molar refractivity (Wildman–Crippen MR) is 73.8 cm³/mol. The Hall–Kier alpha value is -2.57. The Bertz CT molecular complexity index is 604. The molecule has 0 saturated heterocycles. The first-order valence-electron chi connectivity index (χ1n) is 6.54. The number of carbonyl (C=O) groups excluding carboxylic acids is 2. The largest absolute Gasteiger partial charge is 0.463 e. The van der Waals surface area contributed by atoms with Gasteiger partial charge in [-0.2, -0.15) is 5.10 Å². The van der Waals surface area contributed by atoms with Crippen molar-refractivity contribution in [3.8, 4) is 0 Å². The van der Waals surface area contributed by atoms with E-state index in [0.29, 0.717) is 13.1 Å². The Kier molecular flexibility index (Phi) is 4.76. The predicted octanol–water partition coefficient (Wildman–Crippen LogP) is 1.33. The van der Waals surface area contributed by atoms with Gasteiger partial charge in [0.2, 0.25) is 5.76 Å². The number of amides is 1. The minimum atomic E-state index is -0.610. The second-order valence-electron chi connectivity index (χ2n) is 4.70. The van der Waals surface area contributed by atoms with Crippen molar-refractivity contribution >= 4 is 11.9 Å². The molecular formula is C14H17N3O4. The topological polar surface area (TPSA) is 86.4 Å². The van der Waals surface area contributed by atoms with E-state index >= 15 is 0 Å². The molecule has 112 valence electrons. The number of esters is 1. The quantitative estimate of drug-likeness (QED) is 0.811. The number of hydrogen-bond acceptors (Lipinski definition) is 5. The molecule has 2 rings (SSSR count). The van der Waals surface area contributed by atoms with Crippen molar-refractivity contribution < 1.29 is 18.7 Å². The number of methoxy groups -OCH3 is 1. The average Bonchev–Trinajstić information content (AvgIpc) is 3.15. The van der Waals surface area contributed by atoms with Gasteiger partial charge < -0.3 is 14.5 Å². The third-order valence-electron chi connectivity index (χ3n) is 2.89. The van der Waals surface area contributed by atoms with E-state index in [1.54, 1.807) is 10.9 Å². The van der Waals surface area contributed by atoms with Crippen LogP contribution in [-0.2, 0) is 11.3 Å². The van der Waals surface area contributed by atoms with Crippen LogP contribution >= 0.6 is 0 Å². The number of hydrogen-bond donors (Lipinski definition) is 1. The number of aromatic nitrogens is 2. The van der Waals surface area contributed by atoms with Crippen LogP contribution in [0.4, 0.5) is 0 Å². The number of furan rings is 1. The third kappa shape index (κ3) is 3.95. The summed E-state index contributed by atoms with van der Waals surface area (Å²) in [6.45, 7) is 3.19. The second-order valence-corrected chi connectivity index (χ2v) is 4.70. The highest BCUT2D eigenvalue weighted by atomic mass is 16.5. The number of nitrogens with zero attached hydrogens (tertiary/aromatic N) is 2. The van der Waals surface area contributed by atoms with Gasteiger partial charge in [-0.05, 0) is 24.1 Å². The van der Waals surface area contributed by atoms with Gasteiger partial charge in [0.1, 0.15) is 0 Å². The van der Waals surface area contributed by atoms with Gasteiger partial charge in [0.15, 0.2) is 5.76 Å². The van der Waals surface area contributed by atoms with Crippen molar-refractivity contribution in [3.05, 3.63) is 42.1 Å². The minimum Gasteiger partial charge on any atom is -0.463 e. The fraction of sp³-hybridized carbons (Fsp3) is 0.357. The van der Waals surface area contributed by atoms with Crippen LogP contribution in [0.1, 0.15) is 28.0 Å². The maximum absolute atomic E-state index is 11.9. The highest BCUT2D eigenvalue weighted by Gasteiger charge is 2.16. The summed E-state index contributed by atoms with van der Waals surface area (Å²) in [4.78, 5) is 23.1. The maximum atomic E-state index is 11.9. The van der Waals surface area contributed by atoms with Crippen LogP contribution in [0, 0.1) is 5.92 Å². The zero-order valence-electron chi connectivity index (χ0n) is 11.9. The number of carbonyl (C=O) groups is 2. The van der Waals surface area contributed by atoms with Gasteiger partial charge in [0, 0.05) is 25.5 Å². The molecule has 0 radical (unpaired) electrons. The summed E-state index contributed by atoms with van der Waals surface area (Å²) in [6, 6.07) is 4.70. The molecule has 0 spiro atoms. The molecule has 2 aromatic heterocycles. The fourth-order valence-corrected chi connectivity index (χ4v) is 1.82. The van der Waals surface area contributed by atoms with Crippen LogP contribution in [0.2, 0.25) is 0 Å². The molecule has 1 unspecified atom stereocenters. The number of ether oxygens (including phenoxy) is 1. The van der Waals surface area contributed by atoms with Crippen LogP contribution in [0.15, 0.2) is 35.0 Å². The molecule has 0 aliphatic carbocycles. The van der Waals surface area contributed by atoms with E-state index in [1.165, 1.54) is 19.2 Å². The summed E-state index contributed by atoms with van der Waals surface area (Å²) >= 11 is 0. The van der Waals surface area contributed by atoms with Crippen LogP contribution < -0.4 is 5.32 Å². The molecule has 1 atom stereocenters. The Morgan fingerprint density at radius 2 is 2.19 bits per heavy atom. The molecule has 0 bridgehead atoms. The molecule has 2 aromatic rings. The first kappa shape index (κ1) is 14.8. The van der Waals surface area contributed by atoms with Crippen molar-refractivity contribution in [1.82, 2.24) is 15.1 Å². The van der Waals surface area contributed by atoms with E-state index in [9.17, 15) is 9.59 Å². The summed E-state index contributed by atoms with van der Waals surface area (Å²) in [7, 11) is 1.25. The lowest BCUT2D eigenvalue weighted by atomic mass is 10.2. The Labute approximate surface area is 121 Å². The van der Waals surface area contributed by atoms with E-state index in [0.717, 1.165) is 0 Å². The lowest BCUT2D eigenvalue weighted by Gasteiger charge is -2.11. The first-order valence-corrected chi connectivity index (χ1v) is 6.54. The van der Waals surface area contributed by atoms with Crippen molar-refractivity contribution in [2.24, 2.45) is 5.92 Å². The molecule has 1 amide bonds. The zero-order valence-corrected chi connectivity index (χ0v) is 11.9. The van der Waals surface area contributed by atoms with E-state index < -0.39 is 5.97 Å². The van der Waals surface area contributed by atoms with Crippen molar-refractivity contribution in [2.75, 3.05) is 13.7 Å². The molecular weight excluding hydrogens is 274 g/mol. The van der Waals surface area contributed by atoms with Crippen LogP contribution in [0.3, 0.4) is 0 Å². The van der Waals surface area contributed by atoms with Crippen molar-refractivity contribution in [3.63, 3.8) is 0 Å². The van der Waals surface area contributed by atoms with Crippen molar-refractivity contribution in [1.29, 1.82) is 0 Å². The van der Waals surface area contributed by atoms with Crippen LogP contribution in [0.25, 0.3) is 0 Å². The standard InChI is InChI=1S/C14H17N3O4/c1-10(9-17-7-3-6-16-17)8-15-13(18)11-4-5-12(21-11)14(19)20-2/h3-7,10H,8-9H2,1-2H3,(H,15,18). The average molecular weight is 291 g/mol. The highest BCUT2D eigenvalue weighted by molar-refractivity contribution is 5.93. The third-order valence-corrected chi connectivity index (χ3v) is 2.89. The van der Waals surface area contributed by atoms with Gasteiger partial charge in [-0.15, -0.1) is 0 Å². The summed E-state index contributed by atoms with van der Waals surface area (Å²) in [6.07, 6.45) is 3.58. The zero-order chi connectivity index (χ0) is 15.2. The Morgan fingerprint density at radius 3 is 2.86 bits per heavy atom. The van der Waals surface area contributed by atoms with Crippen LogP contribution in [0.5, 0.6) is 0 Å². The lowest BCUT2D eigenvalue weighted by molar-refractivity contribution is 0.0562. The van der Waals surface area contributed by atoms with E-state index in [4.69, 9.17) is 4.42 Å². The Balaban J connectivity index is 1.84. The number of rotatable bonds is 6. The Morgan fingerprint density at radius 1 is 1.43 bits per heavy atom. The molecule has 0 saturated carbocycles. The molecule has 7 heteroatoms. The molecule has 1 N–H and O–H groups in total. The van der Waals surface area contributed by atoms with Gasteiger partial charge in [-0.1, -0.05) is 6.92 Å². The fourth-order valence-electron chi connectivity index (χ4n) is 1.82. The second kappa shape index (κ2) is 6.74. The minimum absolute atomic E-state index is 0.00670. The summed E-state index contributed by atoms with van der Waals surface area (Å²) < 4.78 is 11.4. The molecule has 0 fully saturated rings. The van der Waals surface area contributed by atoms with Gasteiger partial charge in [0.25, 0.3) is 5.91 Å². The summed E-state index contributed by atoms with van der Waals surface area (Å²) in [5, 5.41) is 6.86. The van der Waals surface area contributed by atoms with Crippen molar-refractivity contribution in [2.45, 2.75) is 13.5 Å². The normalized spacial score (nSPS) is 11.9. The van der Waals surface area contributed by atoms with E-state index in [1.807, 2.05) is 19.2 Å². The summed E-state index contributed by atoms with van der Waals surface area (Å²) in [5.41, 5.74) is 0. The van der Waals surface area contributed by atoms with Gasteiger partial charge in [-0.25, -0.2) is 4.79 Å². The van der Waals surface area contributed by atoms with E-state index in [-0.39, 0.29) is 23.3 Å². The van der Waals surface area contributed by atoms with Gasteiger partial charge >= 0.3 is 5.97 Å². The maximum Gasteiger partial charge on any atom is 0.373 e. The van der Waals surface area contributed by atoms with Crippen LogP contribution in [-0.4, -0.2) is 35.3 Å². The monoisotopic (exact) mass is 291 g/mol. The first-order chi connectivity index (χ1) is 10.1. The smallest absolute Gasteiger partial charge is 0.373 e. The molecule has 0 aromatic carbocycles. The lowest BCUT2D eigenvalue weighted by Crippen LogP contribution is -2.29. The molecule has 21 heavy (non-hydrogen) atoms. The molecule has 0 aliphatic rings. The van der Waals surface area contributed by atoms with E-state index in [2.05, 4.69) is 15.2 Å².